The summed E-state index contributed by atoms with van der Waals surface area (Å²) >= 11 is 1.30. The van der Waals surface area contributed by atoms with E-state index in [9.17, 15) is 5.11 Å². The van der Waals surface area contributed by atoms with Gasteiger partial charge in [0, 0.05) is 0 Å². The van der Waals surface area contributed by atoms with Gasteiger partial charge in [0.25, 0.3) is 0 Å². The Hall–Kier alpha value is 0.310. The molecule has 0 fully saturated rings. The van der Waals surface area contributed by atoms with Crippen molar-refractivity contribution in [1.82, 2.24) is 0 Å². The van der Waals surface area contributed by atoms with E-state index < -0.39 is 0 Å². The normalized spacial score (nSPS) is 8.40. The molecule has 0 aromatic rings. The molecule has 0 spiro atoms. The van der Waals surface area contributed by atoms with E-state index in [-0.39, 0.29) is 5.94 Å². The van der Waals surface area contributed by atoms with Crippen LogP contribution in [-0.4, -0.2) is 11.7 Å². The lowest BCUT2D eigenvalue weighted by atomic mass is 11.0. The molecule has 0 aliphatic carbocycles. The van der Waals surface area contributed by atoms with Gasteiger partial charge in [-0.2, -0.15) is 0 Å². The van der Waals surface area contributed by atoms with E-state index in [1.165, 1.54) is 11.8 Å². The first kappa shape index (κ1) is 5.31. The van der Waals surface area contributed by atoms with Gasteiger partial charge < -0.3 is 0 Å². The van der Waals surface area contributed by atoms with Crippen LogP contribution < -0.4 is 0 Å². The molecule has 0 aliphatic rings. The van der Waals surface area contributed by atoms with Crippen LogP contribution in [0.5, 0.6) is 0 Å². The van der Waals surface area contributed by atoms with Crippen molar-refractivity contribution in [2.75, 3.05) is 11.7 Å². The van der Waals surface area contributed by atoms with Gasteiger partial charge in [-0.05, 0) is 12.7 Å². The molecule has 0 saturated heterocycles. The van der Waals surface area contributed by atoms with Crippen LogP contribution in [0, 0.1) is 6.92 Å². The van der Waals surface area contributed by atoms with Crippen molar-refractivity contribution in [3.05, 3.63) is 6.92 Å². The Morgan fingerprint density at radius 1 is 1.80 bits per heavy atom. The van der Waals surface area contributed by atoms with Crippen molar-refractivity contribution in [2.45, 2.75) is 0 Å². The molecule has 2 radical (unpaired) electrons. The van der Waals surface area contributed by atoms with Crippen molar-refractivity contribution in [2.24, 2.45) is 0 Å². The second-order valence-corrected chi connectivity index (χ2v) is 1.58. The molecular weight excluding hydrogens is 84.1 g/mol. The second-order valence-electron chi connectivity index (χ2n) is 0.526. The molecule has 0 aliphatic heterocycles. The standard InChI is InChI=1S/C3H6OS/c1-2-5-3-4/h1-3H2. The molecule has 0 saturated carbocycles. The van der Waals surface area contributed by atoms with Crippen molar-refractivity contribution in [1.29, 1.82) is 0 Å². The fraction of sp³-hybridized carbons (Fsp3) is 0.667. The summed E-state index contributed by atoms with van der Waals surface area (Å²) in [7, 11) is 0. The molecule has 0 aromatic carbocycles. The zero-order valence-electron chi connectivity index (χ0n) is 2.94. The molecule has 0 bridgehead atoms. The third-order valence-corrected chi connectivity index (χ3v) is 0.683. The average molecular weight is 90.1 g/mol. The largest absolute Gasteiger partial charge is 0.225 e. The Balaban J connectivity index is 2.19. The highest BCUT2D eigenvalue weighted by Crippen LogP contribution is 1.91. The third-order valence-electron chi connectivity index (χ3n) is 0.228. The van der Waals surface area contributed by atoms with E-state index in [2.05, 4.69) is 6.92 Å². The monoisotopic (exact) mass is 90.0 g/mol. The highest BCUT2D eigenvalue weighted by molar-refractivity contribution is 7.99. The minimum atomic E-state index is -0.0521. The van der Waals surface area contributed by atoms with Crippen molar-refractivity contribution in [3.63, 3.8) is 0 Å². The minimum absolute atomic E-state index is 0.0521. The van der Waals surface area contributed by atoms with E-state index in [1.807, 2.05) is 0 Å². The Kier molecular flexibility index (Phi) is 4.58. The smallest absolute Gasteiger partial charge is 0.128 e. The van der Waals surface area contributed by atoms with Gasteiger partial charge in [-0.3, -0.25) is 0 Å². The van der Waals surface area contributed by atoms with E-state index in [0.717, 1.165) is 0 Å². The van der Waals surface area contributed by atoms with Crippen molar-refractivity contribution >= 4 is 11.8 Å². The van der Waals surface area contributed by atoms with Crippen LogP contribution in [0.1, 0.15) is 0 Å². The number of rotatable bonds is 2. The highest BCUT2D eigenvalue weighted by Gasteiger charge is 1.70. The maximum Gasteiger partial charge on any atom is 0.128 e. The van der Waals surface area contributed by atoms with Crippen molar-refractivity contribution < 1.29 is 5.11 Å². The zero-order chi connectivity index (χ0) is 4.12. The summed E-state index contributed by atoms with van der Waals surface area (Å²) in [6.07, 6.45) is 0. The van der Waals surface area contributed by atoms with Gasteiger partial charge in [0.15, 0.2) is 0 Å². The summed E-state index contributed by atoms with van der Waals surface area (Å²) in [6, 6.07) is 0. The van der Waals surface area contributed by atoms with Crippen LogP contribution in [0.4, 0.5) is 0 Å². The fourth-order valence-electron chi connectivity index (χ4n) is 0.0589. The Morgan fingerprint density at radius 3 is 2.40 bits per heavy atom. The fourth-order valence-corrected chi connectivity index (χ4v) is 0.177. The molecule has 0 unspecified atom stereocenters. The molecule has 0 atom stereocenters. The van der Waals surface area contributed by atoms with Gasteiger partial charge in [0.2, 0.25) is 0 Å². The summed E-state index contributed by atoms with van der Waals surface area (Å²) in [5.74, 6) is 0.646. The lowest BCUT2D eigenvalue weighted by molar-refractivity contribution is 0.261. The molecule has 5 heavy (non-hydrogen) atoms. The average Bonchev–Trinajstić information content (AvgIpc) is 1.41. The predicted molar refractivity (Wildman–Crippen MR) is 23.4 cm³/mol. The van der Waals surface area contributed by atoms with Gasteiger partial charge in [-0.25, -0.2) is 5.11 Å². The molecule has 0 amide bonds. The summed E-state index contributed by atoms with van der Waals surface area (Å²) < 4.78 is 0. The molecule has 2 heteroatoms. The predicted octanol–water partition coefficient (Wildman–Crippen LogP) is 0.942. The van der Waals surface area contributed by atoms with Crippen LogP contribution in [0.3, 0.4) is 0 Å². The van der Waals surface area contributed by atoms with E-state index in [4.69, 9.17) is 0 Å². The van der Waals surface area contributed by atoms with Crippen molar-refractivity contribution in [3.8, 4) is 0 Å². The Morgan fingerprint density at radius 2 is 2.40 bits per heavy atom. The van der Waals surface area contributed by atoms with Crippen LogP contribution >= 0.6 is 11.8 Å². The molecular formula is C3H6OS. The first-order valence-corrected chi connectivity index (χ1v) is 2.52. The number of hydrogen-bond acceptors (Lipinski definition) is 1. The summed E-state index contributed by atoms with van der Waals surface area (Å²) in [5.41, 5.74) is 0. The van der Waals surface area contributed by atoms with E-state index in [1.54, 1.807) is 0 Å². The lowest BCUT2D eigenvalue weighted by Gasteiger charge is -1.77. The maximum atomic E-state index is 9.45. The van der Waals surface area contributed by atoms with Gasteiger partial charge in [-0.15, -0.1) is 11.8 Å². The molecule has 30 valence electrons. The molecule has 1 nitrogen and oxygen atoms in total. The molecule has 0 rings (SSSR count). The van der Waals surface area contributed by atoms with Gasteiger partial charge in [0.05, 0.1) is 0 Å². The van der Waals surface area contributed by atoms with E-state index >= 15 is 0 Å². The number of thioether (sulfide) groups is 1. The quantitative estimate of drug-likeness (QED) is 0.462. The molecule has 0 aromatic heterocycles. The van der Waals surface area contributed by atoms with Crippen LogP contribution in [0.15, 0.2) is 0 Å². The maximum absolute atomic E-state index is 9.45. The highest BCUT2D eigenvalue weighted by atomic mass is 32.2. The van der Waals surface area contributed by atoms with Crippen LogP contribution in [0.2, 0.25) is 0 Å². The second kappa shape index (κ2) is 4.31. The first-order valence-electron chi connectivity index (χ1n) is 1.37. The summed E-state index contributed by atoms with van der Waals surface area (Å²) in [4.78, 5) is 0. The van der Waals surface area contributed by atoms with Crippen LogP contribution in [0.25, 0.3) is 0 Å². The Labute approximate surface area is 36.4 Å². The molecule has 0 N–H and O–H groups in total. The van der Waals surface area contributed by atoms with Gasteiger partial charge in [0.1, 0.15) is 5.94 Å². The van der Waals surface area contributed by atoms with Gasteiger partial charge in [-0.1, -0.05) is 0 Å². The first-order chi connectivity index (χ1) is 2.41. The SMILES string of the molecule is [CH2]CSC[O]. The van der Waals surface area contributed by atoms with Gasteiger partial charge >= 0.3 is 0 Å². The third kappa shape index (κ3) is 4.31. The zero-order valence-corrected chi connectivity index (χ0v) is 3.75. The summed E-state index contributed by atoms with van der Waals surface area (Å²) in [6.45, 7) is 3.44. The Bertz CT molecular complexity index is 14.4. The lowest BCUT2D eigenvalue weighted by Crippen LogP contribution is -1.67. The molecule has 0 heterocycles. The van der Waals surface area contributed by atoms with E-state index in [0.29, 0.717) is 5.75 Å². The number of hydrogen-bond donors (Lipinski definition) is 0. The summed E-state index contributed by atoms with van der Waals surface area (Å²) in [5, 5.41) is 9.45. The topological polar surface area (TPSA) is 19.9 Å². The minimum Gasteiger partial charge on any atom is -0.225 e. The van der Waals surface area contributed by atoms with Crippen LogP contribution in [-0.2, 0) is 5.11 Å².